The third-order valence-electron chi connectivity index (χ3n) is 2.16. The van der Waals surface area contributed by atoms with E-state index in [4.69, 9.17) is 10.2 Å². The molecule has 0 bridgehead atoms. The Kier molecular flexibility index (Phi) is 8.47. The molecule has 0 saturated carbocycles. The smallest absolute Gasteiger partial charge is 0.0606 e. The van der Waals surface area contributed by atoms with E-state index in [2.05, 4.69) is 6.07 Å². The fourth-order valence-electron chi connectivity index (χ4n) is 1.42. The summed E-state index contributed by atoms with van der Waals surface area (Å²) in [6.07, 6.45) is 2.03. The quantitative estimate of drug-likeness (QED) is 0.766. The molecular formula is C11H18ClNO2S. The van der Waals surface area contributed by atoms with Gasteiger partial charge in [-0.3, -0.25) is 0 Å². The summed E-state index contributed by atoms with van der Waals surface area (Å²) in [6.45, 7) is 1.31. The van der Waals surface area contributed by atoms with Crippen LogP contribution in [0.4, 0.5) is 5.69 Å². The largest absolute Gasteiger partial charge is 0.395 e. The second kappa shape index (κ2) is 8.70. The third-order valence-corrected chi connectivity index (χ3v) is 2.88. The van der Waals surface area contributed by atoms with E-state index >= 15 is 0 Å². The van der Waals surface area contributed by atoms with Gasteiger partial charge in [0, 0.05) is 23.7 Å². The first kappa shape index (κ1) is 15.6. The summed E-state index contributed by atoms with van der Waals surface area (Å²) in [5, 5.41) is 17.8. The second-order valence-corrected chi connectivity index (χ2v) is 4.02. The molecule has 0 aromatic heterocycles. The molecule has 1 rings (SSSR count). The summed E-state index contributed by atoms with van der Waals surface area (Å²) < 4.78 is 0. The molecule has 0 unspecified atom stereocenters. The Hall–Kier alpha value is -0.420. The highest BCUT2D eigenvalue weighted by Gasteiger charge is 2.05. The first-order chi connectivity index (χ1) is 7.31. The molecule has 0 saturated heterocycles. The zero-order valence-electron chi connectivity index (χ0n) is 9.30. The molecule has 0 heterocycles. The van der Waals surface area contributed by atoms with Crippen LogP contribution in [-0.4, -0.2) is 42.8 Å². The van der Waals surface area contributed by atoms with Gasteiger partial charge in [0.1, 0.15) is 0 Å². The van der Waals surface area contributed by atoms with Crippen LogP contribution in [0.2, 0.25) is 0 Å². The molecule has 0 amide bonds. The van der Waals surface area contributed by atoms with Crippen molar-refractivity contribution in [1.82, 2.24) is 0 Å². The minimum atomic E-state index is 0. The molecule has 1 aromatic carbocycles. The van der Waals surface area contributed by atoms with Crippen molar-refractivity contribution in [2.75, 3.05) is 37.5 Å². The van der Waals surface area contributed by atoms with Crippen LogP contribution in [0.3, 0.4) is 0 Å². The molecule has 0 aliphatic rings. The highest BCUT2D eigenvalue weighted by molar-refractivity contribution is 7.98. The summed E-state index contributed by atoms with van der Waals surface area (Å²) >= 11 is 1.68. The number of hydrogen-bond donors (Lipinski definition) is 2. The number of hydrogen-bond acceptors (Lipinski definition) is 4. The zero-order valence-corrected chi connectivity index (χ0v) is 10.9. The first-order valence-corrected chi connectivity index (χ1v) is 6.15. The predicted molar refractivity (Wildman–Crippen MR) is 71.9 cm³/mol. The minimum absolute atomic E-state index is 0. The Morgan fingerprint density at radius 2 is 1.81 bits per heavy atom. The Balaban J connectivity index is 0.00000225. The van der Waals surface area contributed by atoms with E-state index in [1.54, 1.807) is 11.8 Å². The number of aliphatic hydroxyl groups is 2. The van der Waals surface area contributed by atoms with Gasteiger partial charge in [0.2, 0.25) is 0 Å². The van der Waals surface area contributed by atoms with Gasteiger partial charge >= 0.3 is 0 Å². The van der Waals surface area contributed by atoms with E-state index in [-0.39, 0.29) is 25.6 Å². The van der Waals surface area contributed by atoms with E-state index < -0.39 is 0 Å². The first-order valence-electron chi connectivity index (χ1n) is 4.92. The van der Waals surface area contributed by atoms with Crippen molar-refractivity contribution in [3.05, 3.63) is 24.3 Å². The number of thioether (sulfide) groups is 1. The summed E-state index contributed by atoms with van der Waals surface area (Å²) in [5.41, 5.74) is 1.05. The number of anilines is 1. The fraction of sp³-hybridized carbons (Fsp3) is 0.455. The average Bonchev–Trinajstić information content (AvgIpc) is 2.29. The van der Waals surface area contributed by atoms with E-state index in [9.17, 15) is 0 Å². The van der Waals surface area contributed by atoms with Gasteiger partial charge in [-0.2, -0.15) is 0 Å². The molecule has 5 heteroatoms. The predicted octanol–water partition coefficient (Wildman–Crippen LogP) is 1.62. The number of rotatable bonds is 6. The second-order valence-electron chi connectivity index (χ2n) is 3.14. The van der Waals surface area contributed by atoms with E-state index in [0.29, 0.717) is 13.1 Å². The average molecular weight is 264 g/mol. The van der Waals surface area contributed by atoms with Gasteiger partial charge in [-0.05, 0) is 24.5 Å². The van der Waals surface area contributed by atoms with Crippen molar-refractivity contribution in [2.45, 2.75) is 4.90 Å². The molecule has 3 nitrogen and oxygen atoms in total. The summed E-state index contributed by atoms with van der Waals surface area (Å²) in [6, 6.07) is 8.09. The van der Waals surface area contributed by atoms with Crippen LogP contribution in [0, 0.1) is 0 Å². The molecule has 0 fully saturated rings. The van der Waals surface area contributed by atoms with Crippen LogP contribution in [0.15, 0.2) is 29.2 Å². The maximum absolute atomic E-state index is 8.92. The van der Waals surface area contributed by atoms with E-state index in [0.717, 1.165) is 5.69 Å². The number of nitrogens with zero attached hydrogens (tertiary/aromatic N) is 1. The number of benzene rings is 1. The lowest BCUT2D eigenvalue weighted by Crippen LogP contribution is -2.29. The lowest BCUT2D eigenvalue weighted by Gasteiger charge is -2.23. The lowest BCUT2D eigenvalue weighted by molar-refractivity contribution is 0.281. The van der Waals surface area contributed by atoms with Gasteiger partial charge in [-0.15, -0.1) is 24.2 Å². The zero-order chi connectivity index (χ0) is 11.1. The highest BCUT2D eigenvalue weighted by atomic mass is 35.5. The number of halogens is 1. The third kappa shape index (κ3) is 4.61. The van der Waals surface area contributed by atoms with Crippen molar-refractivity contribution >= 4 is 29.9 Å². The standard InChI is InChI=1S/C11H17NO2S.ClH/c1-15-11-4-2-3-10(9-11)12(5-7-13)6-8-14;/h2-4,9,13-14H,5-8H2,1H3;1H. The minimum Gasteiger partial charge on any atom is -0.395 e. The van der Waals surface area contributed by atoms with Crippen LogP contribution in [0.1, 0.15) is 0 Å². The van der Waals surface area contributed by atoms with Crippen LogP contribution in [0.5, 0.6) is 0 Å². The van der Waals surface area contributed by atoms with Gasteiger partial charge in [0.05, 0.1) is 13.2 Å². The normalized spacial score (nSPS) is 9.69. The Morgan fingerprint density at radius 1 is 1.19 bits per heavy atom. The summed E-state index contributed by atoms with van der Waals surface area (Å²) in [7, 11) is 0. The highest BCUT2D eigenvalue weighted by Crippen LogP contribution is 2.21. The van der Waals surface area contributed by atoms with Crippen molar-refractivity contribution in [3.8, 4) is 0 Å². The van der Waals surface area contributed by atoms with Crippen LogP contribution < -0.4 is 4.90 Å². The van der Waals surface area contributed by atoms with Crippen molar-refractivity contribution < 1.29 is 10.2 Å². The van der Waals surface area contributed by atoms with E-state index in [1.807, 2.05) is 29.4 Å². The number of aliphatic hydroxyl groups excluding tert-OH is 2. The molecule has 0 spiro atoms. The lowest BCUT2D eigenvalue weighted by atomic mass is 10.3. The Labute approximate surface area is 107 Å². The molecule has 1 aromatic rings. The van der Waals surface area contributed by atoms with Gasteiger partial charge < -0.3 is 15.1 Å². The molecule has 2 N–H and O–H groups in total. The van der Waals surface area contributed by atoms with Gasteiger partial charge in [0.15, 0.2) is 0 Å². The Morgan fingerprint density at radius 3 is 2.31 bits per heavy atom. The molecule has 0 radical (unpaired) electrons. The molecule has 0 aliphatic heterocycles. The molecule has 0 aliphatic carbocycles. The van der Waals surface area contributed by atoms with Gasteiger partial charge in [-0.1, -0.05) is 6.07 Å². The maximum Gasteiger partial charge on any atom is 0.0606 e. The van der Waals surface area contributed by atoms with Gasteiger partial charge in [0.25, 0.3) is 0 Å². The maximum atomic E-state index is 8.92. The molecular weight excluding hydrogens is 246 g/mol. The van der Waals surface area contributed by atoms with Crippen LogP contribution >= 0.6 is 24.2 Å². The summed E-state index contributed by atoms with van der Waals surface area (Å²) in [5.74, 6) is 0. The van der Waals surface area contributed by atoms with Crippen molar-refractivity contribution in [2.24, 2.45) is 0 Å². The van der Waals surface area contributed by atoms with Crippen molar-refractivity contribution in [1.29, 1.82) is 0 Å². The molecule has 0 atom stereocenters. The molecule has 16 heavy (non-hydrogen) atoms. The SMILES string of the molecule is CSc1cccc(N(CCO)CCO)c1.Cl. The summed E-state index contributed by atoms with van der Waals surface area (Å²) in [4.78, 5) is 3.16. The topological polar surface area (TPSA) is 43.7 Å². The molecule has 92 valence electrons. The Bertz CT molecular complexity index is 293. The van der Waals surface area contributed by atoms with Crippen LogP contribution in [0.25, 0.3) is 0 Å². The van der Waals surface area contributed by atoms with Gasteiger partial charge in [-0.25, -0.2) is 0 Å². The monoisotopic (exact) mass is 263 g/mol. The van der Waals surface area contributed by atoms with Crippen molar-refractivity contribution in [3.63, 3.8) is 0 Å². The van der Waals surface area contributed by atoms with Crippen LogP contribution in [-0.2, 0) is 0 Å². The fourth-order valence-corrected chi connectivity index (χ4v) is 1.87. The van der Waals surface area contributed by atoms with E-state index in [1.165, 1.54) is 4.90 Å².